The highest BCUT2D eigenvalue weighted by Gasteiger charge is 2.30. The number of nitro groups is 1. The van der Waals surface area contributed by atoms with Gasteiger partial charge in [0.15, 0.2) is 0 Å². The monoisotopic (exact) mass is 313 g/mol. The molecule has 0 aliphatic heterocycles. The van der Waals surface area contributed by atoms with Crippen LogP contribution in [0.4, 0.5) is 5.69 Å². The van der Waals surface area contributed by atoms with Gasteiger partial charge in [-0.05, 0) is 43.7 Å². The molecule has 0 aromatic heterocycles. The molecule has 0 radical (unpaired) electrons. The second kappa shape index (κ2) is 5.70. The zero-order chi connectivity index (χ0) is 15.8. The summed E-state index contributed by atoms with van der Waals surface area (Å²) in [6, 6.07) is 2.25. The first-order valence-electron chi connectivity index (χ1n) is 6.73. The van der Waals surface area contributed by atoms with Crippen molar-refractivity contribution < 1.29 is 13.3 Å². The van der Waals surface area contributed by atoms with E-state index in [1.807, 2.05) is 0 Å². The van der Waals surface area contributed by atoms with Crippen LogP contribution in [0.3, 0.4) is 0 Å². The fourth-order valence-corrected chi connectivity index (χ4v) is 3.58. The molecule has 1 aliphatic rings. The summed E-state index contributed by atoms with van der Waals surface area (Å²) in [4.78, 5) is 10.2. The topological polar surface area (TPSA) is 115 Å². The molecule has 0 spiro atoms. The Morgan fingerprint density at radius 2 is 2.05 bits per heavy atom. The van der Waals surface area contributed by atoms with Gasteiger partial charge in [0.1, 0.15) is 0 Å². The molecule has 0 saturated heterocycles. The Hall–Kier alpha value is -1.51. The molecule has 3 N–H and O–H groups in total. The summed E-state index contributed by atoms with van der Waals surface area (Å²) in [5.74, 6) is 0.376. The van der Waals surface area contributed by atoms with Crippen LogP contribution in [-0.4, -0.2) is 25.9 Å². The van der Waals surface area contributed by atoms with Crippen LogP contribution in [0, 0.1) is 29.9 Å². The smallest absolute Gasteiger partial charge is 0.271 e. The second-order valence-corrected chi connectivity index (χ2v) is 7.23. The number of nitrogens with one attached hydrogen (secondary N) is 1. The zero-order valence-corrected chi connectivity index (χ0v) is 12.8. The minimum absolute atomic E-state index is 0.0582. The first kappa shape index (κ1) is 15.9. The van der Waals surface area contributed by atoms with E-state index in [0.29, 0.717) is 17.0 Å². The number of hydrogen-bond acceptors (Lipinski definition) is 5. The van der Waals surface area contributed by atoms with Gasteiger partial charge in [-0.2, -0.15) is 0 Å². The van der Waals surface area contributed by atoms with E-state index >= 15 is 0 Å². The van der Waals surface area contributed by atoms with Gasteiger partial charge in [0.2, 0.25) is 10.0 Å². The number of rotatable bonds is 6. The van der Waals surface area contributed by atoms with E-state index < -0.39 is 14.9 Å². The Morgan fingerprint density at radius 1 is 1.43 bits per heavy atom. The molecule has 1 unspecified atom stereocenters. The van der Waals surface area contributed by atoms with Gasteiger partial charge in [0.25, 0.3) is 5.69 Å². The number of nitrogens with two attached hydrogens (primary N) is 1. The van der Waals surface area contributed by atoms with E-state index in [-0.39, 0.29) is 23.2 Å². The summed E-state index contributed by atoms with van der Waals surface area (Å²) < 4.78 is 27.1. The lowest BCUT2D eigenvalue weighted by atomic mass is 10.1. The van der Waals surface area contributed by atoms with Crippen LogP contribution in [0.15, 0.2) is 17.0 Å². The molecule has 0 amide bonds. The van der Waals surface area contributed by atoms with Crippen molar-refractivity contribution in [2.75, 3.05) is 6.54 Å². The maximum absolute atomic E-state index is 12.3. The molecule has 7 nitrogen and oxygen atoms in total. The first-order valence-corrected chi connectivity index (χ1v) is 8.21. The Morgan fingerprint density at radius 3 is 2.57 bits per heavy atom. The average molecular weight is 313 g/mol. The van der Waals surface area contributed by atoms with Crippen LogP contribution in [0.1, 0.15) is 24.0 Å². The van der Waals surface area contributed by atoms with Gasteiger partial charge < -0.3 is 5.73 Å². The van der Waals surface area contributed by atoms with Gasteiger partial charge in [-0.3, -0.25) is 10.1 Å². The molecule has 116 valence electrons. The molecule has 21 heavy (non-hydrogen) atoms. The fraction of sp³-hybridized carbons (Fsp3) is 0.538. The Labute approximate surface area is 123 Å². The molecule has 1 aromatic carbocycles. The van der Waals surface area contributed by atoms with Crippen LogP contribution >= 0.6 is 0 Å². The van der Waals surface area contributed by atoms with E-state index in [9.17, 15) is 18.5 Å². The Balaban J connectivity index is 2.27. The predicted molar refractivity (Wildman–Crippen MR) is 78.5 cm³/mol. The number of benzene rings is 1. The molecule has 1 atom stereocenters. The van der Waals surface area contributed by atoms with Crippen molar-refractivity contribution in [1.82, 2.24) is 4.72 Å². The van der Waals surface area contributed by atoms with E-state index in [1.165, 1.54) is 6.07 Å². The standard InChI is InChI=1S/C13H19N3O4S/c1-8-5-11(16(17)18)6-13(9(8)2)21(19,20)15-7-12(14)10-3-4-10/h5-6,10,12,15H,3-4,7,14H2,1-2H3. The summed E-state index contributed by atoms with van der Waals surface area (Å²) >= 11 is 0. The molecule has 2 rings (SSSR count). The van der Waals surface area contributed by atoms with E-state index in [2.05, 4.69) is 4.72 Å². The summed E-state index contributed by atoms with van der Waals surface area (Å²) in [6.07, 6.45) is 2.05. The quantitative estimate of drug-likeness (QED) is 0.605. The van der Waals surface area contributed by atoms with Crippen molar-refractivity contribution in [1.29, 1.82) is 0 Å². The minimum atomic E-state index is -3.80. The van der Waals surface area contributed by atoms with Gasteiger partial charge in [0, 0.05) is 24.7 Å². The molecule has 1 fully saturated rings. The van der Waals surface area contributed by atoms with Crippen molar-refractivity contribution in [2.24, 2.45) is 11.7 Å². The lowest BCUT2D eigenvalue weighted by Crippen LogP contribution is -2.38. The highest BCUT2D eigenvalue weighted by atomic mass is 32.2. The van der Waals surface area contributed by atoms with Crippen LogP contribution in [0.5, 0.6) is 0 Å². The van der Waals surface area contributed by atoms with Gasteiger partial charge in [0.05, 0.1) is 9.82 Å². The van der Waals surface area contributed by atoms with Crippen molar-refractivity contribution in [2.45, 2.75) is 37.6 Å². The van der Waals surface area contributed by atoms with Crippen LogP contribution in [0.2, 0.25) is 0 Å². The van der Waals surface area contributed by atoms with Crippen LogP contribution in [-0.2, 0) is 10.0 Å². The van der Waals surface area contributed by atoms with Crippen molar-refractivity contribution in [3.05, 3.63) is 33.4 Å². The third kappa shape index (κ3) is 3.58. The average Bonchev–Trinajstić information content (AvgIpc) is 3.23. The van der Waals surface area contributed by atoms with E-state index in [0.717, 1.165) is 18.9 Å². The maximum atomic E-state index is 12.3. The Kier molecular flexibility index (Phi) is 4.31. The molecule has 1 aliphatic carbocycles. The lowest BCUT2D eigenvalue weighted by molar-refractivity contribution is -0.385. The molecule has 0 bridgehead atoms. The van der Waals surface area contributed by atoms with Gasteiger partial charge in [-0.25, -0.2) is 13.1 Å². The van der Waals surface area contributed by atoms with Crippen LogP contribution < -0.4 is 10.5 Å². The first-order chi connectivity index (χ1) is 9.72. The fourth-order valence-electron chi connectivity index (χ4n) is 2.17. The highest BCUT2D eigenvalue weighted by Crippen LogP contribution is 2.31. The number of sulfonamides is 1. The minimum Gasteiger partial charge on any atom is -0.326 e. The Bertz CT molecular complexity index is 668. The summed E-state index contributed by atoms with van der Waals surface area (Å²) in [5, 5.41) is 10.9. The predicted octanol–water partition coefficient (Wildman–Crippen LogP) is 1.23. The van der Waals surface area contributed by atoms with E-state index in [4.69, 9.17) is 5.73 Å². The highest BCUT2D eigenvalue weighted by molar-refractivity contribution is 7.89. The number of nitro benzene ring substituents is 1. The summed E-state index contributed by atoms with van der Waals surface area (Å²) in [7, 11) is -3.80. The number of aryl methyl sites for hydroxylation is 1. The molecule has 1 aromatic rings. The SMILES string of the molecule is Cc1cc([N+](=O)[O-])cc(S(=O)(=O)NCC(N)C2CC2)c1C. The van der Waals surface area contributed by atoms with Crippen LogP contribution in [0.25, 0.3) is 0 Å². The number of nitrogens with zero attached hydrogens (tertiary/aromatic N) is 1. The largest absolute Gasteiger partial charge is 0.326 e. The maximum Gasteiger partial charge on any atom is 0.271 e. The molecule has 1 saturated carbocycles. The summed E-state index contributed by atoms with van der Waals surface area (Å²) in [5.41, 5.74) is 6.72. The summed E-state index contributed by atoms with van der Waals surface area (Å²) in [6.45, 7) is 3.43. The normalized spacial score (nSPS) is 16.7. The molecular formula is C13H19N3O4S. The van der Waals surface area contributed by atoms with Crippen molar-refractivity contribution in [3.63, 3.8) is 0 Å². The van der Waals surface area contributed by atoms with Gasteiger partial charge in [-0.15, -0.1) is 0 Å². The number of hydrogen-bond donors (Lipinski definition) is 2. The zero-order valence-electron chi connectivity index (χ0n) is 12.0. The molecule has 0 heterocycles. The third-order valence-electron chi connectivity index (χ3n) is 3.84. The number of non-ortho nitro benzene ring substituents is 1. The van der Waals surface area contributed by atoms with Crippen molar-refractivity contribution in [3.8, 4) is 0 Å². The molecular weight excluding hydrogens is 294 g/mol. The second-order valence-electron chi connectivity index (χ2n) is 5.50. The lowest BCUT2D eigenvalue weighted by Gasteiger charge is -2.14. The van der Waals surface area contributed by atoms with E-state index in [1.54, 1.807) is 13.8 Å². The van der Waals surface area contributed by atoms with Gasteiger partial charge in [-0.1, -0.05) is 0 Å². The molecule has 8 heteroatoms. The van der Waals surface area contributed by atoms with Crippen molar-refractivity contribution >= 4 is 15.7 Å². The third-order valence-corrected chi connectivity index (χ3v) is 5.39. The van der Waals surface area contributed by atoms with Gasteiger partial charge >= 0.3 is 0 Å².